The number of ether oxygens (including phenoxy) is 8. The van der Waals surface area contributed by atoms with E-state index in [-0.39, 0.29) is 71.7 Å². The Balaban J connectivity index is 0.000000559. The topological polar surface area (TPSA) is 210 Å². The maximum absolute atomic E-state index is 13.4. The third kappa shape index (κ3) is 37.8. The zero-order valence-electron chi connectivity index (χ0n) is 57.0. The summed E-state index contributed by atoms with van der Waals surface area (Å²) in [6.45, 7) is 18.3. The first-order valence-electron chi connectivity index (χ1n) is 34.4. The Bertz CT molecular complexity index is 2420. The highest BCUT2D eigenvalue weighted by Crippen LogP contribution is 2.24. The van der Waals surface area contributed by atoms with Crippen molar-refractivity contribution in [1.29, 1.82) is 0 Å². The van der Waals surface area contributed by atoms with Gasteiger partial charge in [-0.05, 0) is 98.9 Å². The van der Waals surface area contributed by atoms with Gasteiger partial charge in [0.2, 0.25) is 0 Å². The molecule has 0 radical (unpaired) electrons. The Labute approximate surface area is 550 Å². The second-order valence-electron chi connectivity index (χ2n) is 23.9. The first-order chi connectivity index (χ1) is 44.6. The van der Waals surface area contributed by atoms with Gasteiger partial charge >= 0.3 is 47.8 Å². The van der Waals surface area contributed by atoms with Crippen molar-refractivity contribution in [3.63, 3.8) is 0 Å². The molecule has 4 aromatic rings. The van der Waals surface area contributed by atoms with Crippen LogP contribution in [0.5, 0.6) is 11.5 Å². The van der Waals surface area contributed by atoms with Gasteiger partial charge in [0, 0.05) is 12.8 Å². The number of para-hydroxylation sites is 2. The molecular formula is C76H110O16. The molecule has 4 aromatic carbocycles. The minimum atomic E-state index is -0.734. The molecule has 16 nitrogen and oxygen atoms in total. The lowest BCUT2D eigenvalue weighted by atomic mass is 9.97. The van der Waals surface area contributed by atoms with Crippen LogP contribution in [0.15, 0.2) is 97.1 Å². The molecule has 92 heavy (non-hydrogen) atoms. The molecule has 0 bridgehead atoms. The molecule has 16 heteroatoms. The SMILES string of the molecule is CC(C)COC(=O)CCCCC(=O)OCC(C)C.CCCCCCCCOC(=O)c1cc(C(=O)OCCCCCCCC)c(C(=O)OCCCCCCCC)cc1C(=O)OCCCCCCCC.O=C(Oc1ccccc1)c1ccccc1C(=O)Oc1ccccc1. The summed E-state index contributed by atoms with van der Waals surface area (Å²) in [5, 5.41) is 0. The van der Waals surface area contributed by atoms with E-state index in [9.17, 15) is 38.4 Å². The summed E-state index contributed by atoms with van der Waals surface area (Å²) < 4.78 is 43.0. The first kappa shape index (κ1) is 80.7. The average Bonchev–Trinajstić information content (AvgIpc) is 0.839. The molecule has 0 amide bonds. The minimum absolute atomic E-state index is 0.108. The molecule has 0 N–H and O–H groups in total. The van der Waals surface area contributed by atoms with E-state index in [0.29, 0.717) is 87.9 Å². The lowest BCUT2D eigenvalue weighted by molar-refractivity contribution is -0.147. The highest BCUT2D eigenvalue weighted by Gasteiger charge is 2.29. The third-order valence-electron chi connectivity index (χ3n) is 14.4. The van der Waals surface area contributed by atoms with Crippen LogP contribution in [-0.4, -0.2) is 87.4 Å². The van der Waals surface area contributed by atoms with E-state index >= 15 is 0 Å². The average molecular weight is 1280 g/mol. The highest BCUT2D eigenvalue weighted by atomic mass is 16.6. The van der Waals surface area contributed by atoms with Crippen LogP contribution in [0.4, 0.5) is 0 Å². The highest BCUT2D eigenvalue weighted by molar-refractivity contribution is 6.10. The first-order valence-corrected chi connectivity index (χ1v) is 34.4. The molecule has 0 saturated heterocycles. The number of esters is 8. The lowest BCUT2D eigenvalue weighted by Gasteiger charge is -2.15. The van der Waals surface area contributed by atoms with Gasteiger partial charge in [-0.2, -0.15) is 0 Å². The zero-order chi connectivity index (χ0) is 67.4. The molecule has 0 aliphatic carbocycles. The molecule has 0 unspecified atom stereocenters. The van der Waals surface area contributed by atoms with Crippen LogP contribution in [0, 0.1) is 11.8 Å². The van der Waals surface area contributed by atoms with Crippen molar-refractivity contribution in [2.75, 3.05) is 39.6 Å². The summed E-state index contributed by atoms with van der Waals surface area (Å²) in [7, 11) is 0. The fourth-order valence-corrected chi connectivity index (χ4v) is 9.12. The van der Waals surface area contributed by atoms with Gasteiger partial charge in [-0.15, -0.1) is 0 Å². The molecule has 510 valence electrons. The van der Waals surface area contributed by atoms with E-state index in [4.69, 9.17) is 37.9 Å². The number of rotatable bonds is 45. The van der Waals surface area contributed by atoms with Gasteiger partial charge in [-0.3, -0.25) is 9.59 Å². The van der Waals surface area contributed by atoms with Crippen molar-refractivity contribution in [3.05, 3.63) is 130 Å². The van der Waals surface area contributed by atoms with Crippen molar-refractivity contribution in [2.45, 2.75) is 235 Å². The minimum Gasteiger partial charge on any atom is -0.465 e. The predicted molar refractivity (Wildman–Crippen MR) is 360 cm³/mol. The Kier molecular flexibility index (Phi) is 45.8. The molecule has 0 fully saturated rings. The van der Waals surface area contributed by atoms with Crippen LogP contribution < -0.4 is 9.47 Å². The van der Waals surface area contributed by atoms with Gasteiger partial charge < -0.3 is 37.9 Å². The summed E-state index contributed by atoms with van der Waals surface area (Å²) in [6, 6.07) is 26.3. The molecule has 0 spiro atoms. The number of carbonyl (C=O) groups excluding carboxylic acids is 8. The van der Waals surface area contributed by atoms with Gasteiger partial charge in [-0.25, -0.2) is 28.8 Å². The molecule has 0 saturated carbocycles. The van der Waals surface area contributed by atoms with Gasteiger partial charge in [-0.1, -0.05) is 232 Å². The van der Waals surface area contributed by atoms with Crippen LogP contribution >= 0.6 is 0 Å². The Morgan fingerprint density at radius 3 is 0.793 bits per heavy atom. The molecule has 0 aliphatic heterocycles. The van der Waals surface area contributed by atoms with Gasteiger partial charge in [0.1, 0.15) is 11.5 Å². The Morgan fingerprint density at radius 1 is 0.283 bits per heavy atom. The van der Waals surface area contributed by atoms with E-state index in [2.05, 4.69) is 27.7 Å². The van der Waals surface area contributed by atoms with Crippen molar-refractivity contribution in [1.82, 2.24) is 0 Å². The second kappa shape index (κ2) is 52.2. The van der Waals surface area contributed by atoms with Crippen molar-refractivity contribution in [3.8, 4) is 11.5 Å². The van der Waals surface area contributed by atoms with Crippen LogP contribution in [0.1, 0.15) is 297 Å². The summed E-state index contributed by atoms with van der Waals surface area (Å²) in [4.78, 5) is 101. The molecule has 0 aliphatic rings. The van der Waals surface area contributed by atoms with E-state index in [1.54, 1.807) is 60.7 Å². The molecule has 0 aromatic heterocycles. The zero-order valence-corrected chi connectivity index (χ0v) is 57.0. The van der Waals surface area contributed by atoms with Gasteiger partial charge in [0.05, 0.1) is 73.0 Å². The predicted octanol–water partition coefficient (Wildman–Crippen LogP) is 18.8. The van der Waals surface area contributed by atoms with Crippen molar-refractivity contribution >= 4 is 47.8 Å². The third-order valence-corrected chi connectivity index (χ3v) is 14.4. The maximum Gasteiger partial charge on any atom is 0.344 e. The summed E-state index contributed by atoms with van der Waals surface area (Å²) in [5.74, 6) is -2.97. The number of hydrogen-bond acceptors (Lipinski definition) is 16. The Morgan fingerprint density at radius 2 is 0.533 bits per heavy atom. The standard InChI is InChI=1S/C42H70O8.C20H14O4.C14H26O4/c1-5-9-13-17-21-25-29-47-39(43)35-33-37(41(45)49-31-27-23-19-15-11-7-3)38(42(46)50-32-28-24-20-16-12-8-4)34-36(35)40(44)48-30-26-22-18-14-10-6-2;21-19(23-15-9-3-1-4-10-15)17-13-7-8-14-18(17)20(22)24-16-11-5-2-6-12-16;1-11(2)9-17-13(15)7-5-6-8-14(16)18-10-12(3)4/h33-34H,5-32H2,1-4H3;1-14H;11-12H,5-10H2,1-4H3. The normalized spacial score (nSPS) is 10.7. The van der Waals surface area contributed by atoms with Crippen LogP contribution in [0.2, 0.25) is 0 Å². The Hall–Kier alpha value is -7.36. The monoisotopic (exact) mass is 1280 g/mol. The quantitative estimate of drug-likeness (QED) is 0.0174. The fraction of sp³-hybridized carbons (Fsp3) is 0.579. The number of unbranched alkanes of at least 4 members (excludes halogenated alkanes) is 21. The summed E-state index contributed by atoms with van der Waals surface area (Å²) in [6.07, 6.45) is 26.7. The number of benzene rings is 4. The molecule has 4 rings (SSSR count). The smallest absolute Gasteiger partial charge is 0.344 e. The summed E-state index contributed by atoms with van der Waals surface area (Å²) >= 11 is 0. The van der Waals surface area contributed by atoms with Crippen LogP contribution in [-0.2, 0) is 38.0 Å². The van der Waals surface area contributed by atoms with Crippen LogP contribution in [0.25, 0.3) is 0 Å². The van der Waals surface area contributed by atoms with Crippen molar-refractivity contribution < 1.29 is 76.3 Å². The second-order valence-corrected chi connectivity index (χ2v) is 23.9. The molecular weight excluding hydrogens is 1170 g/mol. The van der Waals surface area contributed by atoms with E-state index in [0.717, 1.165) is 103 Å². The largest absolute Gasteiger partial charge is 0.465 e. The van der Waals surface area contributed by atoms with Gasteiger partial charge in [0.15, 0.2) is 0 Å². The molecule has 0 heterocycles. The summed E-state index contributed by atoms with van der Waals surface area (Å²) in [5.41, 5.74) is -0.124. The fourth-order valence-electron chi connectivity index (χ4n) is 9.12. The molecule has 0 atom stereocenters. The van der Waals surface area contributed by atoms with E-state index in [1.807, 2.05) is 39.8 Å². The van der Waals surface area contributed by atoms with Gasteiger partial charge in [0.25, 0.3) is 0 Å². The number of hydrogen-bond donors (Lipinski definition) is 0. The number of carbonyl (C=O) groups is 8. The van der Waals surface area contributed by atoms with E-state index in [1.165, 1.54) is 49.9 Å². The van der Waals surface area contributed by atoms with E-state index < -0.39 is 35.8 Å². The lowest BCUT2D eigenvalue weighted by Crippen LogP contribution is -2.21. The van der Waals surface area contributed by atoms with Crippen LogP contribution in [0.3, 0.4) is 0 Å². The van der Waals surface area contributed by atoms with Crippen molar-refractivity contribution in [2.24, 2.45) is 11.8 Å². The maximum atomic E-state index is 13.4.